The molecule has 0 aromatic carbocycles. The molecule has 0 radical (unpaired) electrons. The normalized spacial score (nSPS) is 15.6. The fourth-order valence-corrected chi connectivity index (χ4v) is 2.82. The van der Waals surface area contributed by atoms with Crippen molar-refractivity contribution in [1.29, 1.82) is 0 Å². The minimum atomic E-state index is 0.741. The van der Waals surface area contributed by atoms with Crippen molar-refractivity contribution in [2.45, 2.75) is 33.6 Å². The first-order valence-electron chi connectivity index (χ1n) is 8.87. The average Bonchev–Trinajstić information content (AvgIpc) is 2.55. The Morgan fingerprint density at radius 2 is 1.87 bits per heavy atom. The van der Waals surface area contributed by atoms with E-state index < -0.39 is 0 Å². The lowest BCUT2D eigenvalue weighted by atomic mass is 10.3. The third-order valence-corrected chi connectivity index (χ3v) is 3.97. The zero-order valence-corrected chi connectivity index (χ0v) is 14.8. The number of hydrogen-bond acceptors (Lipinski definition) is 6. The molecular formula is C17H31N5O. The van der Waals surface area contributed by atoms with E-state index in [2.05, 4.69) is 40.0 Å². The Morgan fingerprint density at radius 1 is 1.17 bits per heavy atom. The molecule has 23 heavy (non-hydrogen) atoms. The molecule has 0 atom stereocenters. The summed E-state index contributed by atoms with van der Waals surface area (Å²) in [4.78, 5) is 14.0. The highest BCUT2D eigenvalue weighted by atomic mass is 16.5. The van der Waals surface area contributed by atoms with Crippen molar-refractivity contribution in [1.82, 2.24) is 14.9 Å². The molecule has 0 saturated carbocycles. The smallest absolute Gasteiger partial charge is 0.224 e. The van der Waals surface area contributed by atoms with E-state index in [9.17, 15) is 0 Å². The number of hydrogen-bond donors (Lipinski definition) is 1. The lowest BCUT2D eigenvalue weighted by molar-refractivity contribution is 0.0398. The van der Waals surface area contributed by atoms with Gasteiger partial charge in [0.2, 0.25) is 5.95 Å². The number of nitrogens with one attached hydrogen (secondary N) is 1. The first kappa shape index (κ1) is 17.9. The van der Waals surface area contributed by atoms with Crippen molar-refractivity contribution < 1.29 is 4.74 Å². The van der Waals surface area contributed by atoms with Gasteiger partial charge < -0.3 is 15.0 Å². The van der Waals surface area contributed by atoms with Crippen molar-refractivity contribution in [2.24, 2.45) is 0 Å². The molecule has 130 valence electrons. The molecule has 0 amide bonds. The van der Waals surface area contributed by atoms with Gasteiger partial charge in [0, 0.05) is 51.0 Å². The SMILES string of the molecule is CCCN(CCC)c1cc(C)nc(NCCN2CCOCC2)n1. The molecule has 0 aliphatic carbocycles. The summed E-state index contributed by atoms with van der Waals surface area (Å²) in [6, 6.07) is 2.08. The van der Waals surface area contributed by atoms with E-state index >= 15 is 0 Å². The van der Waals surface area contributed by atoms with Crippen LogP contribution in [0.25, 0.3) is 0 Å². The molecule has 0 bridgehead atoms. The molecule has 6 heteroatoms. The zero-order chi connectivity index (χ0) is 16.5. The number of nitrogens with zero attached hydrogens (tertiary/aromatic N) is 4. The van der Waals surface area contributed by atoms with Crippen LogP contribution in [0, 0.1) is 6.92 Å². The van der Waals surface area contributed by atoms with E-state index in [0.29, 0.717) is 0 Å². The van der Waals surface area contributed by atoms with Crippen LogP contribution in [0.3, 0.4) is 0 Å². The summed E-state index contributed by atoms with van der Waals surface area (Å²) in [6.07, 6.45) is 2.26. The van der Waals surface area contributed by atoms with Crippen LogP contribution in [0.5, 0.6) is 0 Å². The summed E-state index contributed by atoms with van der Waals surface area (Å²) in [5.41, 5.74) is 1.01. The number of anilines is 2. The second kappa shape index (κ2) is 9.67. The van der Waals surface area contributed by atoms with Gasteiger partial charge >= 0.3 is 0 Å². The lowest BCUT2D eigenvalue weighted by Crippen LogP contribution is -2.39. The standard InChI is InChI=1S/C17H31N5O/c1-4-7-22(8-5-2)16-14-15(3)19-17(20-16)18-6-9-21-10-12-23-13-11-21/h14H,4-13H2,1-3H3,(H,18,19,20). The fourth-order valence-electron chi connectivity index (χ4n) is 2.82. The summed E-state index contributed by atoms with van der Waals surface area (Å²) in [5, 5.41) is 3.38. The predicted molar refractivity (Wildman–Crippen MR) is 95.3 cm³/mol. The van der Waals surface area contributed by atoms with Crippen LogP contribution in [0.1, 0.15) is 32.4 Å². The van der Waals surface area contributed by atoms with Gasteiger partial charge in [0.15, 0.2) is 0 Å². The minimum absolute atomic E-state index is 0.741. The monoisotopic (exact) mass is 321 g/mol. The molecule has 0 unspecified atom stereocenters. The molecular weight excluding hydrogens is 290 g/mol. The van der Waals surface area contributed by atoms with Gasteiger partial charge in [-0.15, -0.1) is 0 Å². The maximum absolute atomic E-state index is 5.38. The molecule has 6 nitrogen and oxygen atoms in total. The van der Waals surface area contributed by atoms with Crippen LogP contribution < -0.4 is 10.2 Å². The van der Waals surface area contributed by atoms with E-state index in [1.54, 1.807) is 0 Å². The summed E-state index contributed by atoms with van der Waals surface area (Å²) in [6.45, 7) is 14.1. The quantitative estimate of drug-likeness (QED) is 0.752. The first-order chi connectivity index (χ1) is 11.2. The van der Waals surface area contributed by atoms with Gasteiger partial charge in [0.05, 0.1) is 13.2 Å². The van der Waals surface area contributed by atoms with Gasteiger partial charge in [-0.05, 0) is 19.8 Å². The molecule has 1 aromatic heterocycles. The zero-order valence-electron chi connectivity index (χ0n) is 14.8. The molecule has 1 aliphatic heterocycles. The molecule has 0 spiro atoms. The van der Waals surface area contributed by atoms with Crippen LogP contribution in [-0.2, 0) is 4.74 Å². The number of aromatic nitrogens is 2. The highest BCUT2D eigenvalue weighted by Gasteiger charge is 2.11. The second-order valence-electron chi connectivity index (χ2n) is 6.06. The summed E-state index contributed by atoms with van der Waals surface area (Å²) >= 11 is 0. The minimum Gasteiger partial charge on any atom is -0.379 e. The van der Waals surface area contributed by atoms with Gasteiger partial charge in [-0.25, -0.2) is 4.98 Å². The van der Waals surface area contributed by atoms with Crippen molar-refractivity contribution in [3.8, 4) is 0 Å². The van der Waals surface area contributed by atoms with Crippen molar-refractivity contribution >= 4 is 11.8 Å². The Morgan fingerprint density at radius 3 is 2.52 bits per heavy atom. The van der Waals surface area contributed by atoms with E-state index in [1.165, 1.54) is 0 Å². The fraction of sp³-hybridized carbons (Fsp3) is 0.765. The van der Waals surface area contributed by atoms with E-state index in [0.717, 1.165) is 82.8 Å². The third-order valence-electron chi connectivity index (χ3n) is 3.97. The van der Waals surface area contributed by atoms with E-state index in [4.69, 9.17) is 9.72 Å². The molecule has 2 heterocycles. The van der Waals surface area contributed by atoms with Crippen molar-refractivity contribution in [2.75, 3.05) is 62.7 Å². The van der Waals surface area contributed by atoms with Crippen LogP contribution in [0.2, 0.25) is 0 Å². The Hall–Kier alpha value is -1.40. The topological polar surface area (TPSA) is 53.5 Å². The highest BCUT2D eigenvalue weighted by Crippen LogP contribution is 2.15. The maximum Gasteiger partial charge on any atom is 0.224 e. The van der Waals surface area contributed by atoms with E-state index in [1.807, 2.05) is 6.92 Å². The molecule has 1 saturated heterocycles. The Balaban J connectivity index is 1.92. The van der Waals surface area contributed by atoms with Gasteiger partial charge in [0.25, 0.3) is 0 Å². The summed E-state index contributed by atoms with van der Waals surface area (Å²) in [5.74, 6) is 1.78. The highest BCUT2D eigenvalue weighted by molar-refractivity contribution is 5.44. The van der Waals surface area contributed by atoms with Crippen LogP contribution in [0.4, 0.5) is 11.8 Å². The molecule has 1 N–H and O–H groups in total. The van der Waals surface area contributed by atoms with Gasteiger partial charge in [0.1, 0.15) is 5.82 Å². The lowest BCUT2D eigenvalue weighted by Gasteiger charge is -2.26. The largest absolute Gasteiger partial charge is 0.379 e. The molecule has 1 aliphatic rings. The Bertz CT molecular complexity index is 456. The van der Waals surface area contributed by atoms with Crippen LogP contribution in [-0.4, -0.2) is 67.4 Å². The van der Waals surface area contributed by atoms with Crippen LogP contribution >= 0.6 is 0 Å². The molecule has 1 fully saturated rings. The van der Waals surface area contributed by atoms with Gasteiger partial charge in [-0.1, -0.05) is 13.8 Å². The maximum atomic E-state index is 5.38. The molecule has 1 aromatic rings. The number of morpholine rings is 1. The summed E-state index contributed by atoms with van der Waals surface area (Å²) < 4.78 is 5.38. The van der Waals surface area contributed by atoms with Gasteiger partial charge in [-0.3, -0.25) is 4.90 Å². The number of ether oxygens (including phenoxy) is 1. The van der Waals surface area contributed by atoms with Crippen LogP contribution in [0.15, 0.2) is 6.07 Å². The van der Waals surface area contributed by atoms with Crippen molar-refractivity contribution in [3.05, 3.63) is 11.8 Å². The first-order valence-corrected chi connectivity index (χ1v) is 8.87. The Labute approximate surface area is 140 Å². The van der Waals surface area contributed by atoms with Gasteiger partial charge in [-0.2, -0.15) is 4.98 Å². The average molecular weight is 321 g/mol. The van der Waals surface area contributed by atoms with E-state index in [-0.39, 0.29) is 0 Å². The number of aryl methyl sites for hydroxylation is 1. The Kier molecular flexibility index (Phi) is 7.55. The molecule has 2 rings (SSSR count). The second-order valence-corrected chi connectivity index (χ2v) is 6.06. The van der Waals surface area contributed by atoms with Crippen molar-refractivity contribution in [3.63, 3.8) is 0 Å². The summed E-state index contributed by atoms with van der Waals surface area (Å²) in [7, 11) is 0. The third kappa shape index (κ3) is 5.95. The predicted octanol–water partition coefficient (Wildman–Crippen LogP) is 2.16. The number of rotatable bonds is 9.